The van der Waals surface area contributed by atoms with Crippen LogP contribution in [-0.2, 0) is 20.9 Å². The van der Waals surface area contributed by atoms with Gasteiger partial charge in [0.2, 0.25) is 5.78 Å². The van der Waals surface area contributed by atoms with Gasteiger partial charge in [-0.15, -0.1) is 0 Å². The zero-order valence-corrected chi connectivity index (χ0v) is 23.9. The van der Waals surface area contributed by atoms with Gasteiger partial charge in [-0.1, -0.05) is 48.2 Å². The number of nitrogens with one attached hydrogen (secondary N) is 1. The second-order valence-corrected chi connectivity index (χ2v) is 10.6. The summed E-state index contributed by atoms with van der Waals surface area (Å²) in [7, 11) is 1.42. The van der Waals surface area contributed by atoms with Crippen LogP contribution < -0.4 is 19.5 Å². The van der Waals surface area contributed by atoms with Crippen molar-refractivity contribution in [3.05, 3.63) is 94.6 Å². The second-order valence-electron chi connectivity index (χ2n) is 10.6. The fourth-order valence-corrected chi connectivity index (χ4v) is 5.56. The van der Waals surface area contributed by atoms with E-state index in [1.54, 1.807) is 30.3 Å². The van der Waals surface area contributed by atoms with E-state index in [0.717, 1.165) is 30.8 Å². The number of phenols is 1. The number of rotatable bonds is 10. The molecule has 0 aliphatic carbocycles. The van der Waals surface area contributed by atoms with Crippen LogP contribution in [0.1, 0.15) is 34.7 Å². The van der Waals surface area contributed by atoms with E-state index in [1.807, 2.05) is 37.3 Å². The molecule has 1 atom stereocenters. The number of phenolic OH excluding ortho intramolecular Hbond substituents is 1. The molecule has 2 saturated heterocycles. The molecular weight excluding hydrogens is 536 g/mol. The van der Waals surface area contributed by atoms with Gasteiger partial charge in [0.15, 0.2) is 11.5 Å². The second kappa shape index (κ2) is 13.1. The standard InChI is InChI=1S/C33H36N2O7/c1-22-19-25(10-12-27(22)42-21-23-7-4-3-5-8-23)31(37)29-30(24-9-11-26(36)28(20-24)40-2)35(33(39)32(29)38)14-6-13-34-15-17-41-18-16-34/h3-5,7-12,19-20,30,36-37H,6,13-18,21H2,1-2H3/b31-29+. The van der Waals surface area contributed by atoms with Crippen molar-refractivity contribution in [3.8, 4) is 17.2 Å². The molecule has 0 aromatic heterocycles. The molecule has 0 radical (unpaired) electrons. The van der Waals surface area contributed by atoms with E-state index in [0.29, 0.717) is 49.7 Å². The van der Waals surface area contributed by atoms with E-state index < -0.39 is 23.5 Å². The zero-order chi connectivity index (χ0) is 29.6. The van der Waals surface area contributed by atoms with Crippen molar-refractivity contribution in [2.45, 2.75) is 26.0 Å². The number of quaternary nitrogens is 1. The van der Waals surface area contributed by atoms with Crippen molar-refractivity contribution in [1.82, 2.24) is 4.90 Å². The van der Waals surface area contributed by atoms with Gasteiger partial charge in [-0.2, -0.15) is 0 Å². The van der Waals surface area contributed by atoms with Crippen LogP contribution in [0.4, 0.5) is 0 Å². The zero-order valence-electron chi connectivity index (χ0n) is 23.9. The number of methoxy groups -OCH3 is 1. The molecule has 3 aromatic rings. The first kappa shape index (κ1) is 29.2. The number of ether oxygens (including phenoxy) is 3. The first-order chi connectivity index (χ1) is 20.4. The molecule has 5 rings (SSSR count). The van der Waals surface area contributed by atoms with E-state index in [-0.39, 0.29) is 17.1 Å². The normalized spacial score (nSPS) is 18.8. The molecule has 2 N–H and O–H groups in total. The van der Waals surface area contributed by atoms with Crippen LogP contribution in [0.25, 0.3) is 5.76 Å². The molecule has 9 nitrogen and oxygen atoms in total. The Hall–Kier alpha value is -4.34. The summed E-state index contributed by atoms with van der Waals surface area (Å²) in [6.07, 6.45) is 0.661. The number of morpholine rings is 1. The molecule has 2 fully saturated rings. The number of carbonyl (C=O) groups excluding carboxylic acids is 2. The quantitative estimate of drug-likeness (QED) is 0.217. The Balaban J connectivity index is 1.45. The summed E-state index contributed by atoms with van der Waals surface area (Å²) in [5.74, 6) is -1.27. The predicted octanol–water partition coefficient (Wildman–Crippen LogP) is 1.82. The molecule has 220 valence electrons. The number of Topliss-reactive ketones (excluding diaryl/α,β-unsaturated/α-hetero) is 1. The van der Waals surface area contributed by atoms with Gasteiger partial charge in [0.1, 0.15) is 25.4 Å². The van der Waals surface area contributed by atoms with E-state index in [9.17, 15) is 19.8 Å². The minimum atomic E-state index is -0.902. The summed E-state index contributed by atoms with van der Waals surface area (Å²) in [5, 5.41) is 24.1. The molecule has 3 aromatic carbocycles. The fraction of sp³-hybridized carbons (Fsp3) is 0.333. The molecule has 9 heteroatoms. The third kappa shape index (κ3) is 6.27. The summed E-state index contributed by atoms with van der Waals surface area (Å²) in [6.45, 7) is 6.54. The van der Waals surface area contributed by atoms with E-state index in [4.69, 9.17) is 14.2 Å². The largest absolute Gasteiger partial charge is 0.872 e. The van der Waals surface area contributed by atoms with E-state index in [2.05, 4.69) is 0 Å². The Labute approximate surface area is 245 Å². The van der Waals surface area contributed by atoms with Crippen LogP contribution in [0, 0.1) is 6.92 Å². The van der Waals surface area contributed by atoms with Gasteiger partial charge < -0.3 is 34.2 Å². The maximum atomic E-state index is 13.9. The highest BCUT2D eigenvalue weighted by atomic mass is 16.5. The fourth-order valence-electron chi connectivity index (χ4n) is 5.56. The molecular formula is C33H36N2O7. The first-order valence-electron chi connectivity index (χ1n) is 14.2. The average Bonchev–Trinajstić information content (AvgIpc) is 3.26. The van der Waals surface area contributed by atoms with Gasteiger partial charge in [-0.25, -0.2) is 0 Å². The summed E-state index contributed by atoms with van der Waals surface area (Å²) >= 11 is 0. The molecule has 1 amide bonds. The van der Waals surface area contributed by atoms with Crippen molar-refractivity contribution in [1.29, 1.82) is 0 Å². The minimum absolute atomic E-state index is 0.0750. The Morgan fingerprint density at radius 2 is 1.81 bits per heavy atom. The number of benzene rings is 3. The Kier molecular flexibility index (Phi) is 9.09. The SMILES string of the molecule is COc1cc(C2/C(=C(\[O-])c3ccc(OCc4ccccc4)c(C)c3)C(=O)C(=O)N2CCC[NH+]2CCOCC2)ccc1O. The maximum absolute atomic E-state index is 13.9. The number of carbonyl (C=O) groups is 2. The molecule has 2 aliphatic heterocycles. The van der Waals surface area contributed by atoms with Crippen LogP contribution >= 0.6 is 0 Å². The third-order valence-electron chi connectivity index (χ3n) is 7.85. The van der Waals surface area contributed by atoms with Crippen LogP contribution in [0.15, 0.2) is 72.3 Å². The first-order valence-corrected chi connectivity index (χ1v) is 14.2. The molecule has 1 unspecified atom stereocenters. The van der Waals surface area contributed by atoms with Gasteiger partial charge in [0.25, 0.3) is 5.91 Å². The molecule has 2 heterocycles. The van der Waals surface area contributed by atoms with E-state index in [1.165, 1.54) is 23.0 Å². The Morgan fingerprint density at radius 3 is 2.52 bits per heavy atom. The summed E-state index contributed by atoms with van der Waals surface area (Å²) in [5.41, 5.74) is 2.47. The van der Waals surface area contributed by atoms with Crippen LogP contribution in [0.2, 0.25) is 0 Å². The monoisotopic (exact) mass is 572 g/mol. The number of aromatic hydroxyl groups is 1. The highest BCUT2D eigenvalue weighted by Gasteiger charge is 2.44. The lowest BCUT2D eigenvalue weighted by Crippen LogP contribution is -3.14. The van der Waals surface area contributed by atoms with Gasteiger partial charge in [0, 0.05) is 18.5 Å². The molecule has 0 bridgehead atoms. The molecule has 0 spiro atoms. The number of amides is 1. The van der Waals surface area contributed by atoms with Crippen molar-refractivity contribution in [2.24, 2.45) is 0 Å². The number of hydrogen-bond acceptors (Lipinski definition) is 7. The van der Waals surface area contributed by atoms with Crippen LogP contribution in [0.3, 0.4) is 0 Å². The number of aryl methyl sites for hydroxylation is 1. The lowest BCUT2D eigenvalue weighted by molar-refractivity contribution is -0.908. The van der Waals surface area contributed by atoms with Gasteiger partial charge in [0.05, 0.1) is 32.9 Å². The summed E-state index contributed by atoms with van der Waals surface area (Å²) < 4.78 is 16.7. The average molecular weight is 573 g/mol. The lowest BCUT2D eigenvalue weighted by atomic mass is 9.94. The molecule has 0 saturated carbocycles. The van der Waals surface area contributed by atoms with Crippen molar-refractivity contribution < 1.29 is 38.9 Å². The van der Waals surface area contributed by atoms with Gasteiger partial charge in [-0.05, 0) is 53.4 Å². The predicted molar refractivity (Wildman–Crippen MR) is 154 cm³/mol. The number of likely N-dealkylation sites (tertiary alicyclic amines) is 1. The van der Waals surface area contributed by atoms with Crippen LogP contribution in [0.5, 0.6) is 17.2 Å². The Morgan fingerprint density at radius 1 is 1.05 bits per heavy atom. The topological polar surface area (TPSA) is 113 Å². The highest BCUT2D eigenvalue weighted by molar-refractivity contribution is 6.46. The molecule has 42 heavy (non-hydrogen) atoms. The van der Waals surface area contributed by atoms with Crippen molar-refractivity contribution in [2.75, 3.05) is 46.5 Å². The number of nitrogens with zero attached hydrogens (tertiary/aromatic N) is 1. The third-order valence-corrected chi connectivity index (χ3v) is 7.85. The Bertz CT molecular complexity index is 1460. The summed E-state index contributed by atoms with van der Waals surface area (Å²) in [4.78, 5) is 29.7. The van der Waals surface area contributed by atoms with Gasteiger partial charge >= 0.3 is 0 Å². The van der Waals surface area contributed by atoms with Crippen molar-refractivity contribution in [3.63, 3.8) is 0 Å². The number of hydrogen-bond donors (Lipinski definition) is 2. The highest BCUT2D eigenvalue weighted by Crippen LogP contribution is 2.41. The lowest BCUT2D eigenvalue weighted by Gasteiger charge is -2.29. The number of ketones is 1. The smallest absolute Gasteiger partial charge is 0.295 e. The minimum Gasteiger partial charge on any atom is -0.872 e. The maximum Gasteiger partial charge on any atom is 0.295 e. The van der Waals surface area contributed by atoms with Crippen molar-refractivity contribution >= 4 is 17.4 Å². The van der Waals surface area contributed by atoms with Gasteiger partial charge in [-0.3, -0.25) is 9.59 Å². The summed E-state index contributed by atoms with van der Waals surface area (Å²) in [6, 6.07) is 18.5. The molecule has 2 aliphatic rings. The van der Waals surface area contributed by atoms with Crippen LogP contribution in [-0.4, -0.2) is 68.2 Å². The van der Waals surface area contributed by atoms with E-state index >= 15 is 0 Å².